The number of amides is 1. The summed E-state index contributed by atoms with van der Waals surface area (Å²) >= 11 is 0. The summed E-state index contributed by atoms with van der Waals surface area (Å²) in [5.74, 6) is 0.882. The first kappa shape index (κ1) is 18.6. The number of benzene rings is 1. The molecule has 0 unspecified atom stereocenters. The van der Waals surface area contributed by atoms with Crippen LogP contribution in [0.1, 0.15) is 54.4 Å². The van der Waals surface area contributed by atoms with Crippen molar-refractivity contribution < 1.29 is 4.79 Å². The third-order valence-corrected chi connectivity index (χ3v) is 4.96. The second-order valence-corrected chi connectivity index (χ2v) is 6.93. The highest BCUT2D eigenvalue weighted by atomic mass is 16.1. The van der Waals surface area contributed by atoms with Gasteiger partial charge in [0.2, 0.25) is 0 Å². The molecule has 26 heavy (non-hydrogen) atoms. The van der Waals surface area contributed by atoms with Gasteiger partial charge in [0.05, 0.1) is 0 Å². The largest absolute Gasteiger partial charge is 0.352 e. The van der Waals surface area contributed by atoms with Crippen LogP contribution in [0.4, 0.5) is 0 Å². The summed E-state index contributed by atoms with van der Waals surface area (Å²) < 4.78 is 1.99. The predicted octanol–water partition coefficient (Wildman–Crippen LogP) is 2.65. The van der Waals surface area contributed by atoms with Gasteiger partial charge in [-0.05, 0) is 50.6 Å². The Kier molecular flexibility index (Phi) is 6.77. The van der Waals surface area contributed by atoms with Gasteiger partial charge in [0.1, 0.15) is 12.2 Å². The lowest BCUT2D eigenvalue weighted by Gasteiger charge is -2.20. The van der Waals surface area contributed by atoms with Gasteiger partial charge in [0.15, 0.2) is 0 Å². The van der Waals surface area contributed by atoms with Crippen molar-refractivity contribution in [3.8, 4) is 0 Å². The summed E-state index contributed by atoms with van der Waals surface area (Å²) in [6.45, 7) is 6.72. The van der Waals surface area contributed by atoms with E-state index in [4.69, 9.17) is 0 Å². The SMILES string of the molecule is CCn1cnnc1CCNC(=O)c1cccc(CN2CCCCCC2)c1. The van der Waals surface area contributed by atoms with Crippen LogP contribution in [0.25, 0.3) is 0 Å². The molecule has 140 valence electrons. The molecule has 3 rings (SSSR count). The molecule has 1 aliphatic rings. The molecular weight excluding hydrogens is 326 g/mol. The quantitative estimate of drug-likeness (QED) is 0.829. The third kappa shape index (κ3) is 5.14. The van der Waals surface area contributed by atoms with E-state index in [-0.39, 0.29) is 5.91 Å². The number of aromatic nitrogens is 3. The number of carbonyl (C=O) groups is 1. The maximum Gasteiger partial charge on any atom is 0.251 e. The van der Waals surface area contributed by atoms with Crippen molar-refractivity contribution in [3.05, 3.63) is 47.5 Å². The molecule has 0 spiro atoms. The molecule has 2 heterocycles. The number of nitrogens with zero attached hydrogens (tertiary/aromatic N) is 4. The van der Waals surface area contributed by atoms with Crippen LogP contribution >= 0.6 is 0 Å². The van der Waals surface area contributed by atoms with E-state index < -0.39 is 0 Å². The van der Waals surface area contributed by atoms with Crippen LogP contribution in [0.5, 0.6) is 0 Å². The van der Waals surface area contributed by atoms with E-state index in [2.05, 4.69) is 33.4 Å². The van der Waals surface area contributed by atoms with Crippen molar-refractivity contribution >= 4 is 5.91 Å². The minimum atomic E-state index is -0.0229. The molecule has 1 amide bonds. The summed E-state index contributed by atoms with van der Waals surface area (Å²) in [5, 5.41) is 11.0. The lowest BCUT2D eigenvalue weighted by Crippen LogP contribution is -2.27. The average molecular weight is 355 g/mol. The van der Waals surface area contributed by atoms with Crippen LogP contribution in [-0.4, -0.2) is 45.2 Å². The van der Waals surface area contributed by atoms with Crippen molar-refractivity contribution in [1.29, 1.82) is 0 Å². The highest BCUT2D eigenvalue weighted by molar-refractivity contribution is 5.94. The number of nitrogens with one attached hydrogen (secondary N) is 1. The second kappa shape index (κ2) is 9.48. The Balaban J connectivity index is 1.52. The summed E-state index contributed by atoms with van der Waals surface area (Å²) in [6.07, 6.45) is 7.65. The predicted molar refractivity (Wildman–Crippen MR) is 102 cm³/mol. The van der Waals surface area contributed by atoms with Gasteiger partial charge < -0.3 is 9.88 Å². The molecule has 1 aromatic heterocycles. The first-order valence-corrected chi connectivity index (χ1v) is 9.72. The van der Waals surface area contributed by atoms with Gasteiger partial charge >= 0.3 is 0 Å². The first-order chi connectivity index (χ1) is 12.8. The summed E-state index contributed by atoms with van der Waals surface area (Å²) in [6, 6.07) is 8.01. The molecule has 0 radical (unpaired) electrons. The fraction of sp³-hybridized carbons (Fsp3) is 0.550. The lowest BCUT2D eigenvalue weighted by molar-refractivity contribution is 0.0953. The van der Waals surface area contributed by atoms with Gasteiger partial charge in [0, 0.05) is 31.6 Å². The molecule has 2 aromatic rings. The molecule has 1 aromatic carbocycles. The minimum absolute atomic E-state index is 0.0229. The number of rotatable bonds is 7. The zero-order valence-electron chi connectivity index (χ0n) is 15.7. The fourth-order valence-electron chi connectivity index (χ4n) is 3.49. The monoisotopic (exact) mass is 355 g/mol. The highest BCUT2D eigenvalue weighted by Crippen LogP contribution is 2.14. The Morgan fingerprint density at radius 3 is 2.77 bits per heavy atom. The first-order valence-electron chi connectivity index (χ1n) is 9.72. The second-order valence-electron chi connectivity index (χ2n) is 6.93. The highest BCUT2D eigenvalue weighted by Gasteiger charge is 2.11. The van der Waals surface area contributed by atoms with E-state index in [1.54, 1.807) is 6.33 Å². The third-order valence-electron chi connectivity index (χ3n) is 4.96. The molecule has 1 aliphatic heterocycles. The zero-order valence-corrected chi connectivity index (χ0v) is 15.7. The fourth-order valence-corrected chi connectivity index (χ4v) is 3.49. The molecule has 0 aliphatic carbocycles. The van der Waals surface area contributed by atoms with Crippen molar-refractivity contribution in [2.75, 3.05) is 19.6 Å². The van der Waals surface area contributed by atoms with Gasteiger partial charge in [-0.1, -0.05) is 25.0 Å². The number of hydrogen-bond donors (Lipinski definition) is 1. The smallest absolute Gasteiger partial charge is 0.251 e. The minimum Gasteiger partial charge on any atom is -0.352 e. The Labute approximate surface area is 155 Å². The lowest BCUT2D eigenvalue weighted by atomic mass is 10.1. The van der Waals surface area contributed by atoms with E-state index in [1.165, 1.54) is 31.2 Å². The Hall–Kier alpha value is -2.21. The van der Waals surface area contributed by atoms with Crippen LogP contribution in [0, 0.1) is 0 Å². The number of carbonyl (C=O) groups excluding carboxylic acids is 1. The molecule has 1 saturated heterocycles. The van der Waals surface area contributed by atoms with Crippen molar-refractivity contribution in [3.63, 3.8) is 0 Å². The number of aryl methyl sites for hydroxylation is 1. The molecule has 6 nitrogen and oxygen atoms in total. The van der Waals surface area contributed by atoms with Crippen molar-refractivity contribution in [2.24, 2.45) is 0 Å². The molecule has 0 bridgehead atoms. The van der Waals surface area contributed by atoms with Gasteiger partial charge in [-0.2, -0.15) is 0 Å². The average Bonchev–Trinajstić information content (AvgIpc) is 2.96. The van der Waals surface area contributed by atoms with Crippen LogP contribution in [-0.2, 0) is 19.5 Å². The van der Waals surface area contributed by atoms with Gasteiger partial charge in [-0.25, -0.2) is 0 Å². The van der Waals surface area contributed by atoms with Crippen LogP contribution in [0.15, 0.2) is 30.6 Å². The summed E-state index contributed by atoms with van der Waals surface area (Å²) in [5.41, 5.74) is 1.94. The zero-order chi connectivity index (χ0) is 18.2. The maximum absolute atomic E-state index is 12.5. The number of likely N-dealkylation sites (tertiary alicyclic amines) is 1. The molecule has 1 fully saturated rings. The summed E-state index contributed by atoms with van der Waals surface area (Å²) in [7, 11) is 0. The maximum atomic E-state index is 12.5. The van der Waals surface area contributed by atoms with Crippen LogP contribution < -0.4 is 5.32 Å². The molecular formula is C20H29N5O. The molecule has 1 N–H and O–H groups in total. The van der Waals surface area contributed by atoms with E-state index in [0.717, 1.165) is 37.6 Å². The normalized spacial score (nSPS) is 15.6. The van der Waals surface area contributed by atoms with Crippen LogP contribution in [0.3, 0.4) is 0 Å². The summed E-state index contributed by atoms with van der Waals surface area (Å²) in [4.78, 5) is 15.0. The molecule has 0 saturated carbocycles. The Bertz CT molecular complexity index is 704. The van der Waals surface area contributed by atoms with Crippen molar-refractivity contribution in [1.82, 2.24) is 25.0 Å². The van der Waals surface area contributed by atoms with Crippen molar-refractivity contribution in [2.45, 2.75) is 52.1 Å². The molecule has 6 heteroatoms. The standard InChI is InChI=1S/C20H29N5O/c1-2-25-16-22-23-19(25)10-11-21-20(26)18-9-7-8-17(14-18)15-24-12-5-3-4-6-13-24/h7-9,14,16H,2-6,10-13,15H2,1H3,(H,21,26). The van der Waals surface area contributed by atoms with Gasteiger partial charge in [-0.15, -0.1) is 10.2 Å². The molecule has 0 atom stereocenters. The van der Waals surface area contributed by atoms with Gasteiger partial charge in [0.25, 0.3) is 5.91 Å². The van der Waals surface area contributed by atoms with E-state index in [0.29, 0.717) is 13.0 Å². The topological polar surface area (TPSA) is 63.1 Å². The van der Waals surface area contributed by atoms with Gasteiger partial charge in [-0.3, -0.25) is 9.69 Å². The van der Waals surface area contributed by atoms with E-state index in [1.807, 2.05) is 22.8 Å². The van der Waals surface area contributed by atoms with E-state index in [9.17, 15) is 4.79 Å². The Morgan fingerprint density at radius 1 is 1.19 bits per heavy atom. The number of hydrogen-bond acceptors (Lipinski definition) is 4. The van der Waals surface area contributed by atoms with E-state index >= 15 is 0 Å². The Morgan fingerprint density at radius 2 is 2.00 bits per heavy atom. The van der Waals surface area contributed by atoms with Crippen LogP contribution in [0.2, 0.25) is 0 Å².